The van der Waals surface area contributed by atoms with E-state index in [0.717, 1.165) is 60.5 Å². The van der Waals surface area contributed by atoms with Crippen molar-refractivity contribution in [2.45, 2.75) is 188 Å². The number of aliphatic carboxylic acids is 1. The van der Waals surface area contributed by atoms with Gasteiger partial charge in [0.15, 0.2) is 11.6 Å². The molecule has 2 N–H and O–H groups in total. The number of aromatic nitrogens is 2. The van der Waals surface area contributed by atoms with Crippen LogP contribution in [0.5, 0.6) is 0 Å². The molecule has 592 valence electrons. The molecule has 0 saturated carbocycles. The van der Waals surface area contributed by atoms with Gasteiger partial charge in [-0.15, -0.1) is 0 Å². The molecule has 2 aromatic heterocycles. The van der Waals surface area contributed by atoms with Crippen molar-refractivity contribution in [3.8, 4) is 22.3 Å². The van der Waals surface area contributed by atoms with Gasteiger partial charge in [0, 0.05) is 71.5 Å². The number of esters is 1. The summed E-state index contributed by atoms with van der Waals surface area (Å²) in [5, 5.41) is 9.73. The van der Waals surface area contributed by atoms with Crippen molar-refractivity contribution in [1.29, 1.82) is 0 Å². The van der Waals surface area contributed by atoms with Crippen LogP contribution in [-0.4, -0.2) is 98.9 Å². The molecular weight excluding hydrogens is 1490 g/mol. The second-order valence-electron chi connectivity index (χ2n) is 27.7. The predicted octanol–water partition coefficient (Wildman–Crippen LogP) is 15.3. The van der Waals surface area contributed by atoms with Crippen molar-refractivity contribution in [3.05, 3.63) is 184 Å². The van der Waals surface area contributed by atoms with Gasteiger partial charge in [-0.05, 0) is 194 Å². The van der Waals surface area contributed by atoms with Crippen molar-refractivity contribution >= 4 is 50.5 Å². The zero-order valence-corrected chi connectivity index (χ0v) is 63.4. The summed E-state index contributed by atoms with van der Waals surface area (Å²) >= 11 is 0. The quantitative estimate of drug-likeness (QED) is 0.0268. The Hall–Kier alpha value is -6.88. The molecule has 0 amide bonds. The number of Topliss-reactive ketones (excluding diaryl/α,β-unsaturated/α-hetero) is 2. The Morgan fingerprint density at radius 1 is 0.500 bits per heavy atom. The molecule has 0 bridgehead atoms. The number of hydrogen-bond acceptors (Lipinski definition) is 10. The van der Waals surface area contributed by atoms with E-state index in [4.69, 9.17) is 4.74 Å². The average Bonchev–Trinajstić information content (AvgIpc) is 0.761. The molecule has 2 unspecified atom stereocenters. The number of ether oxygens (including phenoxy) is 1. The first-order valence-electron chi connectivity index (χ1n) is 34.3. The van der Waals surface area contributed by atoms with Gasteiger partial charge < -0.3 is 34.3 Å². The number of halogens is 16. The van der Waals surface area contributed by atoms with Gasteiger partial charge in [-0.3, -0.25) is 28.8 Å². The fourth-order valence-corrected chi connectivity index (χ4v) is 13.7. The number of nitrogens with zero attached hydrogens (tertiary/aromatic N) is 4. The second kappa shape index (κ2) is 39.8. The molecule has 2 aliphatic rings. The van der Waals surface area contributed by atoms with Crippen LogP contribution in [0.25, 0.3) is 22.3 Å². The standard InChI is InChI=1S/C39H44F8N2O4.C37H40F8N2O4.Li.H2O.2H2S/c1-6-53-33(52)18-26(35-36(40)27(19-29(37(35)41)39(45,46)47)34-23(4)10-7-11-24(34)5)17-31(50)30(16-22(2)3)49-21-25(12-8-13-48-14-9-15-48)28(20-32(49)51)38(42,43)44;1-20(2)14-28(47-19-23(10-6-11-46-12-7-13-46)26(18-30(47)49)36(40,41)42)29(48)15-24(16-31(50)51)33-34(38)25(17-27(35(33)39)37(43,44)45)32-21(3)8-5-9-22(32)4;;;;/h7,10-11,19-22,26,30H,6,8-9,12-18H2,1-5H3;5,8-9,17-20,24,28H,6-7,10-16H2,1-4H3,(H,50,51);;3*1H2/q;;+1;;;/p-1/t26-,30?;24-,28?;;;;/m00..../s1. The fraction of sp³-hybridized carbons (Fsp3) is 0.500. The maximum atomic E-state index is 16.7. The number of hydrogen-bond donors (Lipinski definition) is 1. The molecule has 4 heterocycles. The second-order valence-corrected chi connectivity index (χ2v) is 27.7. The molecule has 2 fully saturated rings. The van der Waals surface area contributed by atoms with Crippen molar-refractivity contribution in [1.82, 2.24) is 18.9 Å². The summed E-state index contributed by atoms with van der Waals surface area (Å²) in [6, 6.07) is 7.78. The SMILES string of the molecule is CCOC(=O)C[C@H](CC(=O)C(CC(C)C)n1cc(CCCN2CCC2)c(C(F)(F)F)cc1=O)c1c(F)c(-c2c(C)cccc2C)cc(C(F)(F)F)c1F.Cc1cccc(C)c1-c1cc(C(F)(F)F)c(F)c([C@H](CC(=O)O)CC(=O)C(CC(C)C)n2cc(CCCN3CCC3)c(C(F)(F)F)cc2=O)c1F.S.S.[Li+].[OH-]. The number of benzene rings is 4. The molecule has 6 aromatic rings. The van der Waals surface area contributed by atoms with Crippen molar-refractivity contribution < 1.29 is 124 Å². The zero-order chi connectivity index (χ0) is 77.4. The summed E-state index contributed by atoms with van der Waals surface area (Å²) < 4.78 is 242. The maximum absolute atomic E-state index is 16.7. The Morgan fingerprint density at radius 3 is 1.10 bits per heavy atom. The molecule has 0 spiro atoms. The molecule has 8 rings (SSSR count). The molecule has 13 nitrogen and oxygen atoms in total. The van der Waals surface area contributed by atoms with E-state index >= 15 is 17.6 Å². The predicted molar refractivity (Wildman–Crippen MR) is 381 cm³/mol. The number of carboxylic acids is 1. The Labute approximate surface area is 641 Å². The van der Waals surface area contributed by atoms with Crippen molar-refractivity contribution in [3.63, 3.8) is 0 Å². The van der Waals surface area contributed by atoms with Crippen molar-refractivity contribution in [2.24, 2.45) is 11.8 Å². The van der Waals surface area contributed by atoms with Crippen LogP contribution >= 0.6 is 27.0 Å². The third kappa shape index (κ3) is 23.8. The molecule has 32 heteroatoms. The van der Waals surface area contributed by atoms with E-state index in [2.05, 4.69) is 9.80 Å². The number of carbonyl (C=O) groups is 4. The molecule has 0 aliphatic carbocycles. The first-order valence-corrected chi connectivity index (χ1v) is 34.3. The third-order valence-electron chi connectivity index (χ3n) is 18.9. The molecular formula is C76H89F16LiN4O9S2. The van der Waals surface area contributed by atoms with Crippen molar-refractivity contribution in [2.75, 3.05) is 45.9 Å². The number of carboxylic acid groups (broad SMARTS) is 1. The largest absolute Gasteiger partial charge is 1.00 e. The number of likely N-dealkylation sites (tertiary alicyclic amines) is 2. The summed E-state index contributed by atoms with van der Waals surface area (Å²) in [5.41, 5.74) is -10.9. The maximum Gasteiger partial charge on any atom is 1.00 e. The minimum atomic E-state index is -5.34. The summed E-state index contributed by atoms with van der Waals surface area (Å²) in [7, 11) is 0. The van der Waals surface area contributed by atoms with Gasteiger partial charge in [-0.25, -0.2) is 17.6 Å². The molecule has 2 saturated heterocycles. The van der Waals surface area contributed by atoms with Crippen LogP contribution in [0.4, 0.5) is 70.2 Å². The van der Waals surface area contributed by atoms with E-state index in [1.54, 1.807) is 39.8 Å². The van der Waals surface area contributed by atoms with Crippen LogP contribution < -0.4 is 30.0 Å². The molecule has 4 atom stereocenters. The van der Waals surface area contributed by atoms with E-state index < -0.39 is 177 Å². The van der Waals surface area contributed by atoms with E-state index in [1.807, 2.05) is 0 Å². The number of pyridine rings is 2. The first-order chi connectivity index (χ1) is 48.4. The Bertz CT molecular complexity index is 4210. The number of alkyl halides is 12. The number of ketones is 2. The van der Waals surface area contributed by atoms with E-state index in [1.165, 1.54) is 58.9 Å². The first kappa shape index (κ1) is 95.3. The van der Waals surface area contributed by atoms with Crippen LogP contribution in [0.2, 0.25) is 0 Å². The smallest absolute Gasteiger partial charge is 0.870 e. The normalized spacial score (nSPS) is 14.5. The van der Waals surface area contributed by atoms with Gasteiger partial charge in [-0.1, -0.05) is 64.1 Å². The van der Waals surface area contributed by atoms with Gasteiger partial charge >= 0.3 is 55.5 Å². The van der Waals surface area contributed by atoms with Crippen LogP contribution in [-0.2, 0) is 61.5 Å². The Kier molecular flexibility index (Phi) is 35.2. The monoisotopic (exact) mass is 1580 g/mol. The van der Waals surface area contributed by atoms with Gasteiger partial charge in [0.25, 0.3) is 11.1 Å². The molecule has 2 aliphatic heterocycles. The molecule has 108 heavy (non-hydrogen) atoms. The summed E-state index contributed by atoms with van der Waals surface area (Å²) in [6.45, 7) is 18.3. The molecule has 4 aromatic carbocycles. The van der Waals surface area contributed by atoms with E-state index in [9.17, 15) is 86.6 Å². The van der Waals surface area contributed by atoms with Gasteiger partial charge in [-0.2, -0.15) is 79.7 Å². The minimum Gasteiger partial charge on any atom is -0.870 e. The van der Waals surface area contributed by atoms with Crippen LogP contribution in [0.3, 0.4) is 0 Å². The summed E-state index contributed by atoms with van der Waals surface area (Å²) in [5.74, 6) is -16.1. The van der Waals surface area contributed by atoms with Gasteiger partial charge in [0.1, 0.15) is 23.3 Å². The zero-order valence-electron chi connectivity index (χ0n) is 61.4. The Balaban J connectivity index is 0.000000541. The summed E-state index contributed by atoms with van der Waals surface area (Å²) in [4.78, 5) is 83.8. The third-order valence-corrected chi connectivity index (χ3v) is 18.9. The number of aryl methyl sites for hydroxylation is 6. The number of rotatable bonds is 29. The van der Waals surface area contributed by atoms with Gasteiger partial charge in [0.2, 0.25) is 0 Å². The van der Waals surface area contributed by atoms with E-state index in [0.29, 0.717) is 72.5 Å². The molecule has 0 radical (unpaired) electrons. The van der Waals surface area contributed by atoms with Gasteiger partial charge in [0.05, 0.1) is 53.8 Å². The van der Waals surface area contributed by atoms with E-state index in [-0.39, 0.29) is 118 Å². The minimum absolute atomic E-state index is 0. The average molecular weight is 1580 g/mol. The Morgan fingerprint density at radius 2 is 0.824 bits per heavy atom. The fourth-order valence-electron chi connectivity index (χ4n) is 13.7. The van der Waals surface area contributed by atoms with Crippen LogP contribution in [0, 0.1) is 62.8 Å². The van der Waals surface area contributed by atoms with Crippen LogP contribution in [0.1, 0.15) is 190 Å². The summed E-state index contributed by atoms with van der Waals surface area (Å²) in [6.07, 6.45) is -20.3. The van der Waals surface area contributed by atoms with Crippen LogP contribution in [0.15, 0.2) is 82.6 Å². The topological polar surface area (TPSA) is 178 Å². The number of carbonyl (C=O) groups excluding carboxylic acids is 3.